The van der Waals surface area contributed by atoms with Crippen molar-refractivity contribution < 1.29 is 9.63 Å². The summed E-state index contributed by atoms with van der Waals surface area (Å²) in [6.45, 7) is 0.539. The van der Waals surface area contributed by atoms with Gasteiger partial charge in [-0.3, -0.25) is 0 Å². The lowest BCUT2D eigenvalue weighted by atomic mass is 10.1. The molecule has 2 aromatic heterocycles. The Morgan fingerprint density at radius 2 is 2.05 bits per heavy atom. The fourth-order valence-electron chi connectivity index (χ4n) is 1.94. The summed E-state index contributed by atoms with van der Waals surface area (Å²) in [5, 5.41) is 20.8. The molecule has 0 fully saturated rings. The first-order chi connectivity index (χ1) is 9.85. The van der Waals surface area contributed by atoms with Crippen LogP contribution in [0.2, 0.25) is 0 Å². The van der Waals surface area contributed by atoms with Crippen LogP contribution in [-0.4, -0.2) is 31.9 Å². The van der Waals surface area contributed by atoms with Gasteiger partial charge in [-0.1, -0.05) is 40.7 Å². The van der Waals surface area contributed by atoms with Crippen LogP contribution in [0.25, 0.3) is 11.3 Å². The van der Waals surface area contributed by atoms with Crippen LogP contribution in [0.15, 0.2) is 47.1 Å². The molecule has 102 valence electrons. The van der Waals surface area contributed by atoms with Gasteiger partial charge in [0.25, 0.3) is 0 Å². The Hall–Kier alpha value is -2.47. The minimum atomic E-state index is 0.0686. The zero-order chi connectivity index (χ0) is 13.8. The molecule has 0 radical (unpaired) electrons. The summed E-state index contributed by atoms with van der Waals surface area (Å²) in [5.41, 5.74) is 2.58. The predicted octanol–water partition coefficient (Wildman–Crippen LogP) is 1.52. The lowest BCUT2D eigenvalue weighted by Gasteiger charge is -1.93. The molecule has 2 heterocycles. The van der Waals surface area contributed by atoms with Gasteiger partial charge in [-0.2, -0.15) is 0 Å². The Morgan fingerprint density at radius 1 is 1.20 bits per heavy atom. The van der Waals surface area contributed by atoms with E-state index in [4.69, 9.17) is 9.63 Å². The molecule has 0 saturated heterocycles. The molecule has 0 saturated carbocycles. The number of nitrogens with zero attached hydrogens (tertiary/aromatic N) is 4. The molecule has 0 atom stereocenters. The molecule has 0 aliphatic carbocycles. The van der Waals surface area contributed by atoms with Crippen LogP contribution in [0.5, 0.6) is 0 Å². The minimum Gasteiger partial charge on any atom is -0.396 e. The quantitative estimate of drug-likeness (QED) is 0.760. The van der Waals surface area contributed by atoms with E-state index in [2.05, 4.69) is 15.5 Å². The average molecular weight is 270 g/mol. The first-order valence-corrected chi connectivity index (χ1v) is 6.36. The van der Waals surface area contributed by atoms with E-state index >= 15 is 0 Å². The highest BCUT2D eigenvalue weighted by molar-refractivity contribution is 5.58. The van der Waals surface area contributed by atoms with Gasteiger partial charge in [-0.05, 0) is 0 Å². The largest absolute Gasteiger partial charge is 0.396 e. The maximum atomic E-state index is 8.84. The van der Waals surface area contributed by atoms with E-state index in [0.717, 1.165) is 17.0 Å². The third-order valence-corrected chi connectivity index (χ3v) is 2.90. The van der Waals surface area contributed by atoms with Gasteiger partial charge >= 0.3 is 0 Å². The van der Waals surface area contributed by atoms with Crippen LogP contribution in [0.1, 0.15) is 11.5 Å². The Morgan fingerprint density at radius 3 is 2.85 bits per heavy atom. The second-order valence-corrected chi connectivity index (χ2v) is 4.43. The van der Waals surface area contributed by atoms with Crippen LogP contribution in [-0.2, 0) is 13.0 Å². The standard InChI is InChI=1S/C14H14N4O2/c19-7-6-12-9-18(17-15-12)10-13-8-14(16-20-13)11-4-2-1-3-5-11/h1-5,8-9,19H,6-7,10H2. The molecular formula is C14H14N4O2. The zero-order valence-electron chi connectivity index (χ0n) is 10.8. The van der Waals surface area contributed by atoms with Crippen LogP contribution in [0.4, 0.5) is 0 Å². The van der Waals surface area contributed by atoms with Crippen LogP contribution >= 0.6 is 0 Å². The van der Waals surface area contributed by atoms with E-state index in [9.17, 15) is 0 Å². The normalized spacial score (nSPS) is 10.8. The fourth-order valence-corrected chi connectivity index (χ4v) is 1.94. The second-order valence-electron chi connectivity index (χ2n) is 4.43. The summed E-state index contributed by atoms with van der Waals surface area (Å²) in [4.78, 5) is 0. The van der Waals surface area contributed by atoms with Crippen molar-refractivity contribution in [1.29, 1.82) is 0 Å². The van der Waals surface area contributed by atoms with E-state index in [1.165, 1.54) is 0 Å². The molecule has 0 bridgehead atoms. The third-order valence-electron chi connectivity index (χ3n) is 2.90. The van der Waals surface area contributed by atoms with Crippen molar-refractivity contribution in [3.05, 3.63) is 54.0 Å². The zero-order valence-corrected chi connectivity index (χ0v) is 10.8. The lowest BCUT2D eigenvalue weighted by molar-refractivity contribution is 0.298. The van der Waals surface area contributed by atoms with E-state index in [1.54, 1.807) is 10.9 Å². The van der Waals surface area contributed by atoms with Crippen molar-refractivity contribution in [2.45, 2.75) is 13.0 Å². The number of hydrogen-bond acceptors (Lipinski definition) is 5. The van der Waals surface area contributed by atoms with Gasteiger partial charge in [-0.15, -0.1) is 5.10 Å². The van der Waals surface area contributed by atoms with Crippen molar-refractivity contribution in [2.24, 2.45) is 0 Å². The first-order valence-electron chi connectivity index (χ1n) is 6.36. The summed E-state index contributed by atoms with van der Waals surface area (Å²) in [6.07, 6.45) is 2.30. The Kier molecular flexibility index (Phi) is 3.56. The van der Waals surface area contributed by atoms with Gasteiger partial charge in [0.05, 0.1) is 5.69 Å². The maximum absolute atomic E-state index is 8.84. The molecular weight excluding hydrogens is 256 g/mol. The molecule has 6 nitrogen and oxygen atoms in total. The van der Waals surface area contributed by atoms with Crippen LogP contribution in [0.3, 0.4) is 0 Å². The lowest BCUT2D eigenvalue weighted by Crippen LogP contribution is -1.99. The topological polar surface area (TPSA) is 77.0 Å². The molecule has 3 rings (SSSR count). The second kappa shape index (κ2) is 5.66. The van der Waals surface area contributed by atoms with Crippen molar-refractivity contribution in [3.63, 3.8) is 0 Å². The fraction of sp³-hybridized carbons (Fsp3) is 0.214. The highest BCUT2D eigenvalue weighted by Gasteiger charge is 2.08. The van der Waals surface area contributed by atoms with Gasteiger partial charge in [-0.25, -0.2) is 4.68 Å². The van der Waals surface area contributed by atoms with E-state index in [-0.39, 0.29) is 6.61 Å². The molecule has 0 aliphatic heterocycles. The van der Waals surface area contributed by atoms with Crippen LogP contribution < -0.4 is 0 Å². The average Bonchev–Trinajstić information content (AvgIpc) is 3.11. The maximum Gasteiger partial charge on any atom is 0.158 e. The van der Waals surface area contributed by atoms with Gasteiger partial charge in [0.1, 0.15) is 12.2 Å². The Balaban J connectivity index is 1.73. The number of aliphatic hydroxyl groups excluding tert-OH is 1. The number of aromatic nitrogens is 4. The summed E-state index contributed by atoms with van der Waals surface area (Å²) < 4.78 is 6.97. The molecule has 1 aromatic carbocycles. The number of benzene rings is 1. The highest BCUT2D eigenvalue weighted by Crippen LogP contribution is 2.18. The van der Waals surface area contributed by atoms with Crippen molar-refractivity contribution in [1.82, 2.24) is 20.2 Å². The minimum absolute atomic E-state index is 0.0686. The number of hydrogen-bond donors (Lipinski definition) is 1. The first kappa shape index (κ1) is 12.6. The third kappa shape index (κ3) is 2.75. The molecule has 3 aromatic rings. The van der Waals surface area contributed by atoms with Crippen molar-refractivity contribution >= 4 is 0 Å². The molecule has 0 spiro atoms. The number of aliphatic hydroxyl groups is 1. The summed E-state index contributed by atoms with van der Waals surface area (Å²) >= 11 is 0. The molecule has 0 unspecified atom stereocenters. The highest BCUT2D eigenvalue weighted by atomic mass is 16.5. The van der Waals surface area contributed by atoms with Gasteiger partial charge in [0.2, 0.25) is 0 Å². The summed E-state index contributed by atoms with van der Waals surface area (Å²) in [7, 11) is 0. The molecule has 1 N–H and O–H groups in total. The van der Waals surface area contributed by atoms with Gasteiger partial charge in [0.15, 0.2) is 5.76 Å². The SMILES string of the molecule is OCCc1cn(Cc2cc(-c3ccccc3)no2)nn1. The summed E-state index contributed by atoms with van der Waals surface area (Å²) in [5.74, 6) is 0.712. The molecule has 0 aliphatic rings. The van der Waals surface area contributed by atoms with Gasteiger partial charge < -0.3 is 9.63 Å². The van der Waals surface area contributed by atoms with E-state index < -0.39 is 0 Å². The van der Waals surface area contributed by atoms with Crippen molar-refractivity contribution in [3.8, 4) is 11.3 Å². The molecule has 0 amide bonds. The smallest absolute Gasteiger partial charge is 0.158 e. The molecule has 6 heteroatoms. The van der Waals surface area contributed by atoms with Crippen LogP contribution in [0, 0.1) is 0 Å². The summed E-state index contributed by atoms with van der Waals surface area (Å²) in [6, 6.07) is 11.7. The Bertz CT molecular complexity index is 675. The van der Waals surface area contributed by atoms with E-state index in [0.29, 0.717) is 18.7 Å². The van der Waals surface area contributed by atoms with E-state index in [1.807, 2.05) is 36.4 Å². The van der Waals surface area contributed by atoms with Gasteiger partial charge in [0, 0.05) is 30.9 Å². The Labute approximate surface area is 115 Å². The monoisotopic (exact) mass is 270 g/mol. The van der Waals surface area contributed by atoms with Crippen molar-refractivity contribution in [2.75, 3.05) is 6.61 Å². The number of rotatable bonds is 5. The predicted molar refractivity (Wildman–Crippen MR) is 71.9 cm³/mol. The molecule has 20 heavy (non-hydrogen) atoms.